The van der Waals surface area contributed by atoms with E-state index in [0.29, 0.717) is 0 Å². The quantitative estimate of drug-likeness (QED) is 0.781. The van der Waals surface area contributed by atoms with E-state index in [1.54, 1.807) is 0 Å². The highest BCUT2D eigenvalue weighted by atomic mass is 15.3. The molecule has 0 atom stereocenters. The number of anilines is 1. The molecule has 3 heteroatoms. The Bertz CT molecular complexity index is 574. The third-order valence-corrected chi connectivity index (χ3v) is 3.08. The molecule has 0 fully saturated rings. The lowest BCUT2D eigenvalue weighted by molar-refractivity contribution is 0.554. The van der Waals surface area contributed by atoms with E-state index < -0.39 is 0 Å². The van der Waals surface area contributed by atoms with Crippen LogP contribution in [0.4, 0.5) is 5.69 Å². The molecule has 0 aliphatic rings. The highest BCUT2D eigenvalue weighted by molar-refractivity contribution is 5.71. The van der Waals surface area contributed by atoms with E-state index in [9.17, 15) is 0 Å². The first-order valence-electron chi connectivity index (χ1n) is 6.19. The smallest absolute Gasteiger partial charge is 0.0756 e. The summed E-state index contributed by atoms with van der Waals surface area (Å²) >= 11 is 0. The summed E-state index contributed by atoms with van der Waals surface area (Å²) in [6.45, 7) is 8.65. The number of nitrogens with two attached hydrogens (primary N) is 1. The fourth-order valence-electron chi connectivity index (χ4n) is 2.23. The maximum atomic E-state index is 5.81. The molecule has 2 aromatic rings. The molecular formula is C15H21N3. The fraction of sp³-hybridized carbons (Fsp3) is 0.400. The molecule has 1 aromatic carbocycles. The summed E-state index contributed by atoms with van der Waals surface area (Å²) in [5.74, 6) is 0. The van der Waals surface area contributed by atoms with Crippen LogP contribution in [0.1, 0.15) is 32.0 Å². The molecule has 18 heavy (non-hydrogen) atoms. The Morgan fingerprint density at radius 2 is 1.83 bits per heavy atom. The zero-order chi connectivity index (χ0) is 13.5. The highest BCUT2D eigenvalue weighted by Gasteiger charge is 2.23. The molecule has 0 aliphatic carbocycles. The summed E-state index contributed by atoms with van der Waals surface area (Å²) in [5, 5.41) is 4.61. The van der Waals surface area contributed by atoms with Crippen molar-refractivity contribution in [2.75, 3.05) is 5.73 Å². The van der Waals surface area contributed by atoms with Crippen LogP contribution in [0.25, 0.3) is 11.1 Å². The van der Waals surface area contributed by atoms with Crippen LogP contribution >= 0.6 is 0 Å². The summed E-state index contributed by atoms with van der Waals surface area (Å²) in [5.41, 5.74) is 11.4. The van der Waals surface area contributed by atoms with Gasteiger partial charge in [-0.1, -0.05) is 26.8 Å². The second-order valence-corrected chi connectivity index (χ2v) is 5.89. The second-order valence-electron chi connectivity index (χ2n) is 5.89. The topological polar surface area (TPSA) is 43.8 Å². The highest BCUT2D eigenvalue weighted by Crippen LogP contribution is 2.33. The van der Waals surface area contributed by atoms with Crippen molar-refractivity contribution in [2.45, 2.75) is 33.1 Å². The van der Waals surface area contributed by atoms with Gasteiger partial charge in [0.25, 0.3) is 0 Å². The first-order valence-corrected chi connectivity index (χ1v) is 6.19. The summed E-state index contributed by atoms with van der Waals surface area (Å²) in [6.07, 6.45) is 2.08. The number of nitrogens with zero attached hydrogens (tertiary/aromatic N) is 2. The van der Waals surface area contributed by atoms with Crippen LogP contribution in [-0.2, 0) is 12.5 Å². The predicted octanol–water partition coefficient (Wildman–Crippen LogP) is 3.28. The molecule has 1 aromatic heterocycles. The van der Waals surface area contributed by atoms with E-state index in [1.807, 2.05) is 23.9 Å². The van der Waals surface area contributed by atoms with E-state index in [-0.39, 0.29) is 5.41 Å². The van der Waals surface area contributed by atoms with Crippen LogP contribution in [0.2, 0.25) is 0 Å². The molecule has 0 unspecified atom stereocenters. The van der Waals surface area contributed by atoms with Gasteiger partial charge in [0.15, 0.2) is 0 Å². The maximum Gasteiger partial charge on any atom is 0.0756 e. The Kier molecular flexibility index (Phi) is 2.93. The minimum atomic E-state index is 0.0322. The first kappa shape index (κ1) is 12.7. The normalized spacial score (nSPS) is 11.8. The van der Waals surface area contributed by atoms with Crippen LogP contribution < -0.4 is 5.73 Å². The van der Waals surface area contributed by atoms with E-state index in [1.165, 1.54) is 16.7 Å². The van der Waals surface area contributed by atoms with Gasteiger partial charge in [0, 0.05) is 29.9 Å². The van der Waals surface area contributed by atoms with Crippen LogP contribution in [0.15, 0.2) is 24.4 Å². The first-order chi connectivity index (χ1) is 8.29. The summed E-state index contributed by atoms with van der Waals surface area (Å²) in [6, 6.07) is 6.04. The summed E-state index contributed by atoms with van der Waals surface area (Å²) in [7, 11) is 1.96. The van der Waals surface area contributed by atoms with Crippen molar-refractivity contribution < 1.29 is 0 Å². The van der Waals surface area contributed by atoms with Crippen LogP contribution in [0.3, 0.4) is 0 Å². The van der Waals surface area contributed by atoms with Gasteiger partial charge in [0.2, 0.25) is 0 Å². The monoisotopic (exact) mass is 243 g/mol. The molecule has 2 N–H and O–H groups in total. The van der Waals surface area contributed by atoms with Gasteiger partial charge in [-0.2, -0.15) is 5.10 Å². The number of hydrogen-bond donors (Lipinski definition) is 1. The minimum Gasteiger partial charge on any atom is -0.399 e. The molecule has 3 nitrogen and oxygen atoms in total. The molecule has 0 amide bonds. The fourth-order valence-corrected chi connectivity index (χ4v) is 2.23. The third-order valence-electron chi connectivity index (χ3n) is 3.08. The van der Waals surface area contributed by atoms with E-state index >= 15 is 0 Å². The van der Waals surface area contributed by atoms with Crippen molar-refractivity contribution in [1.29, 1.82) is 0 Å². The average Bonchev–Trinajstić information content (AvgIpc) is 2.59. The Hall–Kier alpha value is -1.77. The maximum absolute atomic E-state index is 5.81. The van der Waals surface area contributed by atoms with Crippen molar-refractivity contribution >= 4 is 5.69 Å². The Morgan fingerprint density at radius 1 is 1.17 bits per heavy atom. The molecule has 0 spiro atoms. The Morgan fingerprint density at radius 3 is 2.39 bits per heavy atom. The number of aromatic nitrogens is 2. The third kappa shape index (κ3) is 2.26. The predicted molar refractivity (Wildman–Crippen MR) is 76.5 cm³/mol. The van der Waals surface area contributed by atoms with Crippen molar-refractivity contribution in [2.24, 2.45) is 7.05 Å². The molecule has 1 heterocycles. The summed E-state index contributed by atoms with van der Waals surface area (Å²) < 4.78 is 1.88. The van der Waals surface area contributed by atoms with Crippen molar-refractivity contribution in [1.82, 2.24) is 9.78 Å². The zero-order valence-corrected chi connectivity index (χ0v) is 11.8. The van der Waals surface area contributed by atoms with Crippen LogP contribution in [-0.4, -0.2) is 9.78 Å². The number of aryl methyl sites for hydroxylation is 2. The lowest BCUT2D eigenvalue weighted by atomic mass is 9.86. The lowest BCUT2D eigenvalue weighted by Gasteiger charge is -2.18. The number of nitrogen functional groups attached to an aromatic ring is 1. The van der Waals surface area contributed by atoms with Gasteiger partial charge < -0.3 is 5.73 Å². The van der Waals surface area contributed by atoms with Gasteiger partial charge in [0.05, 0.1) is 5.69 Å². The molecule has 96 valence electrons. The van der Waals surface area contributed by atoms with Gasteiger partial charge in [-0.05, 0) is 30.2 Å². The van der Waals surface area contributed by atoms with Crippen molar-refractivity contribution in [3.63, 3.8) is 0 Å². The number of benzene rings is 1. The van der Waals surface area contributed by atoms with E-state index in [2.05, 4.69) is 45.1 Å². The van der Waals surface area contributed by atoms with E-state index in [0.717, 1.165) is 11.4 Å². The van der Waals surface area contributed by atoms with Crippen molar-refractivity contribution in [3.05, 3.63) is 35.7 Å². The average molecular weight is 243 g/mol. The standard InChI is InChI=1S/C15H21N3/c1-10-8-11(16)6-7-12(10)13-9-18(5)17-14(13)15(2,3)4/h6-9H,16H2,1-5H3. The van der Waals surface area contributed by atoms with Gasteiger partial charge >= 0.3 is 0 Å². The number of hydrogen-bond acceptors (Lipinski definition) is 2. The van der Waals surface area contributed by atoms with Gasteiger partial charge in [-0.3, -0.25) is 4.68 Å². The molecule has 0 saturated carbocycles. The van der Waals surface area contributed by atoms with Crippen LogP contribution in [0.5, 0.6) is 0 Å². The van der Waals surface area contributed by atoms with Gasteiger partial charge in [0.1, 0.15) is 0 Å². The lowest BCUT2D eigenvalue weighted by Crippen LogP contribution is -2.13. The van der Waals surface area contributed by atoms with Crippen LogP contribution in [0, 0.1) is 6.92 Å². The Balaban J connectivity index is 2.64. The minimum absolute atomic E-state index is 0.0322. The Labute approximate surface area is 109 Å². The molecular weight excluding hydrogens is 222 g/mol. The molecule has 2 rings (SSSR count). The molecule has 0 saturated heterocycles. The second kappa shape index (κ2) is 4.16. The van der Waals surface area contributed by atoms with E-state index in [4.69, 9.17) is 5.73 Å². The molecule has 0 bridgehead atoms. The largest absolute Gasteiger partial charge is 0.399 e. The molecule has 0 aliphatic heterocycles. The van der Waals surface area contributed by atoms with Gasteiger partial charge in [-0.15, -0.1) is 0 Å². The van der Waals surface area contributed by atoms with Gasteiger partial charge in [-0.25, -0.2) is 0 Å². The SMILES string of the molecule is Cc1cc(N)ccc1-c1cn(C)nc1C(C)(C)C. The molecule has 0 radical (unpaired) electrons. The summed E-state index contributed by atoms with van der Waals surface area (Å²) in [4.78, 5) is 0. The zero-order valence-electron chi connectivity index (χ0n) is 11.8. The number of rotatable bonds is 1. The van der Waals surface area contributed by atoms with Crippen molar-refractivity contribution in [3.8, 4) is 11.1 Å².